The zero-order valence-electron chi connectivity index (χ0n) is 11.4. The highest BCUT2D eigenvalue weighted by atomic mass is 16.5. The van der Waals surface area contributed by atoms with Crippen LogP contribution in [0.3, 0.4) is 0 Å². The van der Waals surface area contributed by atoms with Gasteiger partial charge in [-0.1, -0.05) is 26.2 Å². The number of hydrogen-bond donors (Lipinski definition) is 1. The SMILES string of the molecule is CCCOCC1CCCCCC1CNC1CC1. The lowest BCUT2D eigenvalue weighted by molar-refractivity contribution is 0.0733. The molecule has 0 spiro atoms. The molecule has 1 N–H and O–H groups in total. The summed E-state index contributed by atoms with van der Waals surface area (Å²) >= 11 is 0. The molecule has 2 aliphatic rings. The summed E-state index contributed by atoms with van der Waals surface area (Å²) in [5, 5.41) is 3.72. The molecular formula is C15H29NO. The number of ether oxygens (including phenoxy) is 1. The molecule has 2 aliphatic carbocycles. The Morgan fingerprint density at radius 1 is 1.00 bits per heavy atom. The number of nitrogens with one attached hydrogen (secondary N) is 1. The predicted molar refractivity (Wildman–Crippen MR) is 72.2 cm³/mol. The molecule has 0 heterocycles. The third kappa shape index (κ3) is 4.97. The van der Waals surface area contributed by atoms with Gasteiger partial charge in [0.25, 0.3) is 0 Å². The lowest BCUT2D eigenvalue weighted by Gasteiger charge is -2.25. The topological polar surface area (TPSA) is 21.3 Å². The van der Waals surface area contributed by atoms with Crippen LogP contribution in [0.1, 0.15) is 58.3 Å². The quantitative estimate of drug-likeness (QED) is 0.543. The van der Waals surface area contributed by atoms with E-state index in [4.69, 9.17) is 4.74 Å². The van der Waals surface area contributed by atoms with Gasteiger partial charge in [0, 0.05) is 19.3 Å². The minimum Gasteiger partial charge on any atom is -0.381 e. The third-order valence-corrected chi connectivity index (χ3v) is 4.24. The van der Waals surface area contributed by atoms with Gasteiger partial charge in [0.05, 0.1) is 0 Å². The highest BCUT2D eigenvalue weighted by Gasteiger charge is 2.27. The molecule has 0 aromatic carbocycles. The minimum absolute atomic E-state index is 0.815. The van der Waals surface area contributed by atoms with Crippen molar-refractivity contribution in [3.05, 3.63) is 0 Å². The van der Waals surface area contributed by atoms with Gasteiger partial charge in [0.15, 0.2) is 0 Å². The Hall–Kier alpha value is -0.0800. The van der Waals surface area contributed by atoms with Crippen molar-refractivity contribution < 1.29 is 4.74 Å². The highest BCUT2D eigenvalue weighted by Crippen LogP contribution is 2.30. The monoisotopic (exact) mass is 239 g/mol. The van der Waals surface area contributed by atoms with Crippen LogP contribution in [0.2, 0.25) is 0 Å². The van der Waals surface area contributed by atoms with Gasteiger partial charge in [-0.15, -0.1) is 0 Å². The average molecular weight is 239 g/mol. The Bertz CT molecular complexity index is 203. The van der Waals surface area contributed by atoms with Crippen molar-refractivity contribution in [3.63, 3.8) is 0 Å². The Balaban J connectivity index is 1.73. The largest absolute Gasteiger partial charge is 0.381 e. The second-order valence-electron chi connectivity index (χ2n) is 5.92. The summed E-state index contributed by atoms with van der Waals surface area (Å²) in [6.07, 6.45) is 11.1. The number of rotatable bonds is 7. The molecule has 0 aromatic rings. The molecule has 0 saturated heterocycles. The predicted octanol–water partition coefficient (Wildman–Crippen LogP) is 3.36. The molecule has 0 bridgehead atoms. The van der Waals surface area contributed by atoms with Gasteiger partial charge in [0.1, 0.15) is 0 Å². The molecule has 2 rings (SSSR count). The van der Waals surface area contributed by atoms with Crippen LogP contribution in [0.15, 0.2) is 0 Å². The van der Waals surface area contributed by atoms with Gasteiger partial charge < -0.3 is 10.1 Å². The summed E-state index contributed by atoms with van der Waals surface area (Å²) in [5.41, 5.74) is 0. The summed E-state index contributed by atoms with van der Waals surface area (Å²) in [4.78, 5) is 0. The standard InChI is InChI=1S/C15H29NO/c1-2-10-17-12-14-7-5-3-4-6-13(14)11-16-15-8-9-15/h13-16H,2-12H2,1H3. The fourth-order valence-corrected chi connectivity index (χ4v) is 2.93. The van der Waals surface area contributed by atoms with Gasteiger partial charge in [-0.05, 0) is 50.5 Å². The lowest BCUT2D eigenvalue weighted by atomic mass is 9.88. The number of hydrogen-bond acceptors (Lipinski definition) is 2. The van der Waals surface area contributed by atoms with Crippen LogP contribution < -0.4 is 5.32 Å². The maximum Gasteiger partial charge on any atom is 0.0497 e. The highest BCUT2D eigenvalue weighted by molar-refractivity contribution is 4.84. The molecule has 17 heavy (non-hydrogen) atoms. The van der Waals surface area contributed by atoms with Crippen molar-refractivity contribution in [2.45, 2.75) is 64.3 Å². The summed E-state index contributed by atoms with van der Waals surface area (Å²) in [6, 6.07) is 0.857. The first kappa shape index (κ1) is 13.4. The Kier molecular flexibility index (Phi) is 5.79. The molecular weight excluding hydrogens is 210 g/mol. The van der Waals surface area contributed by atoms with Crippen LogP contribution >= 0.6 is 0 Å². The summed E-state index contributed by atoms with van der Waals surface area (Å²) in [6.45, 7) is 5.38. The van der Waals surface area contributed by atoms with E-state index in [9.17, 15) is 0 Å². The summed E-state index contributed by atoms with van der Waals surface area (Å²) < 4.78 is 5.80. The van der Waals surface area contributed by atoms with E-state index < -0.39 is 0 Å². The van der Waals surface area contributed by atoms with Crippen LogP contribution in [0.5, 0.6) is 0 Å². The average Bonchev–Trinajstić information content (AvgIpc) is 3.14. The molecule has 2 saturated carbocycles. The smallest absolute Gasteiger partial charge is 0.0497 e. The van der Waals surface area contributed by atoms with Gasteiger partial charge in [-0.2, -0.15) is 0 Å². The molecule has 2 unspecified atom stereocenters. The van der Waals surface area contributed by atoms with E-state index >= 15 is 0 Å². The van der Waals surface area contributed by atoms with Crippen molar-refractivity contribution in [1.29, 1.82) is 0 Å². The van der Waals surface area contributed by atoms with Gasteiger partial charge >= 0.3 is 0 Å². The lowest BCUT2D eigenvalue weighted by Crippen LogP contribution is -2.31. The molecule has 0 radical (unpaired) electrons. The van der Waals surface area contributed by atoms with Crippen molar-refractivity contribution in [1.82, 2.24) is 5.32 Å². The van der Waals surface area contributed by atoms with E-state index in [1.165, 1.54) is 51.5 Å². The zero-order valence-corrected chi connectivity index (χ0v) is 11.4. The maximum absolute atomic E-state index is 5.80. The minimum atomic E-state index is 0.815. The van der Waals surface area contributed by atoms with Gasteiger partial charge in [-0.25, -0.2) is 0 Å². The van der Waals surface area contributed by atoms with Crippen molar-refractivity contribution >= 4 is 0 Å². The third-order valence-electron chi connectivity index (χ3n) is 4.24. The Morgan fingerprint density at radius 3 is 2.47 bits per heavy atom. The fourth-order valence-electron chi connectivity index (χ4n) is 2.93. The van der Waals surface area contributed by atoms with Crippen LogP contribution in [0.25, 0.3) is 0 Å². The first-order valence-corrected chi connectivity index (χ1v) is 7.71. The molecule has 2 fully saturated rings. The van der Waals surface area contributed by atoms with E-state index in [0.29, 0.717) is 0 Å². The molecule has 0 aromatic heterocycles. The molecule has 0 aliphatic heterocycles. The van der Waals surface area contributed by atoms with Gasteiger partial charge in [-0.3, -0.25) is 0 Å². The molecule has 0 amide bonds. The van der Waals surface area contributed by atoms with Crippen molar-refractivity contribution in [3.8, 4) is 0 Å². The van der Waals surface area contributed by atoms with E-state index in [2.05, 4.69) is 12.2 Å². The Labute approximate surface area is 107 Å². The van der Waals surface area contributed by atoms with E-state index in [1.54, 1.807) is 0 Å². The van der Waals surface area contributed by atoms with Crippen molar-refractivity contribution in [2.75, 3.05) is 19.8 Å². The molecule has 2 nitrogen and oxygen atoms in total. The zero-order chi connectivity index (χ0) is 11.9. The normalized spacial score (nSPS) is 30.2. The second kappa shape index (κ2) is 7.38. The summed E-state index contributed by atoms with van der Waals surface area (Å²) in [5.74, 6) is 1.69. The first-order valence-electron chi connectivity index (χ1n) is 7.71. The first-order chi connectivity index (χ1) is 8.40. The molecule has 100 valence electrons. The van der Waals surface area contributed by atoms with E-state index in [0.717, 1.165) is 37.5 Å². The second-order valence-corrected chi connectivity index (χ2v) is 5.92. The van der Waals surface area contributed by atoms with Crippen LogP contribution in [0, 0.1) is 11.8 Å². The molecule has 2 atom stereocenters. The molecule has 2 heteroatoms. The fraction of sp³-hybridized carbons (Fsp3) is 1.00. The maximum atomic E-state index is 5.80. The van der Waals surface area contributed by atoms with Crippen molar-refractivity contribution in [2.24, 2.45) is 11.8 Å². The van der Waals surface area contributed by atoms with E-state index in [1.807, 2.05) is 0 Å². The van der Waals surface area contributed by atoms with Crippen LogP contribution in [-0.4, -0.2) is 25.8 Å². The summed E-state index contributed by atoms with van der Waals surface area (Å²) in [7, 11) is 0. The van der Waals surface area contributed by atoms with Gasteiger partial charge in [0.2, 0.25) is 0 Å². The van der Waals surface area contributed by atoms with Crippen LogP contribution in [0.4, 0.5) is 0 Å². The Morgan fingerprint density at radius 2 is 1.76 bits per heavy atom. The van der Waals surface area contributed by atoms with E-state index in [-0.39, 0.29) is 0 Å². The van der Waals surface area contributed by atoms with Crippen LogP contribution in [-0.2, 0) is 4.74 Å².